The number of carbonyl (C=O) groups excluding carboxylic acids is 2. The maximum absolute atomic E-state index is 12.7. The fourth-order valence-electron chi connectivity index (χ4n) is 3.25. The molecule has 0 radical (unpaired) electrons. The molecule has 0 atom stereocenters. The summed E-state index contributed by atoms with van der Waals surface area (Å²) in [6.07, 6.45) is 1.74. The van der Waals surface area contributed by atoms with Crippen molar-refractivity contribution in [1.29, 1.82) is 0 Å². The van der Waals surface area contributed by atoms with Crippen LogP contribution in [-0.4, -0.2) is 18.2 Å². The van der Waals surface area contributed by atoms with Crippen LogP contribution in [0.15, 0.2) is 77.0 Å². The summed E-state index contributed by atoms with van der Waals surface area (Å²) in [5.74, 6) is 1.33. The van der Waals surface area contributed by atoms with Gasteiger partial charge >= 0.3 is 0 Å². The topological polar surface area (TPSA) is 52.6 Å². The van der Waals surface area contributed by atoms with E-state index in [0.717, 1.165) is 10.0 Å². The molecule has 0 unspecified atom stereocenters. The molecule has 5 heteroatoms. The van der Waals surface area contributed by atoms with Gasteiger partial charge in [-0.15, -0.1) is 0 Å². The van der Waals surface area contributed by atoms with E-state index in [1.807, 2.05) is 24.3 Å². The third-order valence-electron chi connectivity index (χ3n) is 5.08. The Balaban J connectivity index is 1.45. The number of allylic oxidation sites excluding steroid dienone is 1. The number of rotatable bonds is 6. The van der Waals surface area contributed by atoms with Crippen molar-refractivity contribution in [2.75, 3.05) is 6.61 Å². The molecular weight excluding hydrogens is 456 g/mol. The quantitative estimate of drug-likeness (QED) is 0.303. The number of fused-ring (bicyclic) bond motifs is 1. The maximum atomic E-state index is 12.7. The van der Waals surface area contributed by atoms with Crippen molar-refractivity contribution in [3.63, 3.8) is 0 Å². The van der Waals surface area contributed by atoms with Gasteiger partial charge in [0, 0.05) is 16.1 Å². The predicted octanol–water partition coefficient (Wildman–Crippen LogP) is 6.45. The predicted molar refractivity (Wildman–Crippen MR) is 124 cm³/mol. The molecule has 0 aliphatic carbocycles. The van der Waals surface area contributed by atoms with E-state index in [2.05, 4.69) is 41.9 Å². The molecule has 156 valence electrons. The molecular formula is C26H21BrO4. The van der Waals surface area contributed by atoms with Crippen molar-refractivity contribution in [3.05, 3.63) is 99.2 Å². The number of Topliss-reactive ketones (excluding diaryl/α,β-unsaturated/α-hetero) is 2. The van der Waals surface area contributed by atoms with Crippen LogP contribution in [0.2, 0.25) is 0 Å². The molecule has 1 aliphatic rings. The average Bonchev–Trinajstić information content (AvgIpc) is 3.07. The highest BCUT2D eigenvalue weighted by atomic mass is 79.9. The smallest absolute Gasteiger partial charge is 0.231 e. The molecule has 0 spiro atoms. The number of benzene rings is 3. The van der Waals surface area contributed by atoms with Crippen molar-refractivity contribution in [2.24, 2.45) is 0 Å². The van der Waals surface area contributed by atoms with Gasteiger partial charge < -0.3 is 9.47 Å². The van der Waals surface area contributed by atoms with Gasteiger partial charge in [-0.2, -0.15) is 0 Å². The van der Waals surface area contributed by atoms with Gasteiger partial charge in [0.2, 0.25) is 5.78 Å². The maximum Gasteiger partial charge on any atom is 0.231 e. The largest absolute Gasteiger partial charge is 0.485 e. The Morgan fingerprint density at radius 3 is 2.42 bits per heavy atom. The van der Waals surface area contributed by atoms with Crippen LogP contribution in [0.4, 0.5) is 0 Å². The third-order valence-corrected chi connectivity index (χ3v) is 5.61. The first-order valence-corrected chi connectivity index (χ1v) is 10.8. The van der Waals surface area contributed by atoms with Crippen molar-refractivity contribution < 1.29 is 19.1 Å². The fourth-order valence-corrected chi connectivity index (χ4v) is 3.52. The molecule has 0 amide bonds. The molecule has 0 aromatic heterocycles. The molecule has 1 aliphatic heterocycles. The van der Waals surface area contributed by atoms with E-state index in [1.165, 1.54) is 5.56 Å². The van der Waals surface area contributed by atoms with Gasteiger partial charge in [-0.1, -0.05) is 66.2 Å². The second kappa shape index (κ2) is 8.90. The van der Waals surface area contributed by atoms with E-state index >= 15 is 0 Å². The molecule has 3 aromatic carbocycles. The Morgan fingerprint density at radius 1 is 1.03 bits per heavy atom. The van der Waals surface area contributed by atoms with Crippen LogP contribution in [0, 0.1) is 0 Å². The zero-order valence-electron chi connectivity index (χ0n) is 17.2. The highest BCUT2D eigenvalue weighted by molar-refractivity contribution is 9.10. The Hall–Kier alpha value is -3.18. The molecule has 31 heavy (non-hydrogen) atoms. The van der Waals surface area contributed by atoms with Gasteiger partial charge in [-0.25, -0.2) is 0 Å². The van der Waals surface area contributed by atoms with Crippen molar-refractivity contribution in [3.8, 4) is 11.5 Å². The highest BCUT2D eigenvalue weighted by Gasteiger charge is 2.27. The number of hydrogen-bond donors (Lipinski definition) is 0. The van der Waals surface area contributed by atoms with E-state index in [9.17, 15) is 9.59 Å². The van der Waals surface area contributed by atoms with Gasteiger partial charge in [0.1, 0.15) is 11.5 Å². The monoisotopic (exact) mass is 476 g/mol. The lowest BCUT2D eigenvalue weighted by atomic mass is 10.0. The van der Waals surface area contributed by atoms with Gasteiger partial charge in [0.05, 0.1) is 5.56 Å². The molecule has 0 saturated carbocycles. The Bertz CT molecular complexity index is 1160. The van der Waals surface area contributed by atoms with E-state index in [-0.39, 0.29) is 23.9 Å². The standard InChI is InChI=1S/C26H21BrO4/c1-16(2)18-5-3-17(4-6-18)13-25-26(29)22-12-11-21(14-24(22)31-25)30-15-23(28)19-7-9-20(27)10-8-19/h3-14,16H,15H2,1-2H3/b25-13-. The third kappa shape index (κ3) is 4.78. The number of ether oxygens (including phenoxy) is 2. The Kier molecular flexibility index (Phi) is 6.05. The van der Waals surface area contributed by atoms with E-state index < -0.39 is 0 Å². The van der Waals surface area contributed by atoms with Crippen LogP contribution in [0.3, 0.4) is 0 Å². The van der Waals surface area contributed by atoms with E-state index in [1.54, 1.807) is 36.4 Å². The summed E-state index contributed by atoms with van der Waals surface area (Å²) in [7, 11) is 0. The lowest BCUT2D eigenvalue weighted by Crippen LogP contribution is -2.11. The number of hydrogen-bond acceptors (Lipinski definition) is 4. The molecule has 3 aromatic rings. The first-order valence-electron chi connectivity index (χ1n) is 10.0. The van der Waals surface area contributed by atoms with Crippen LogP contribution in [0.5, 0.6) is 11.5 Å². The molecule has 1 heterocycles. The van der Waals surface area contributed by atoms with Gasteiger partial charge in [0.15, 0.2) is 18.1 Å². The van der Waals surface area contributed by atoms with Crippen LogP contribution in [0.25, 0.3) is 6.08 Å². The minimum atomic E-state index is -0.166. The molecule has 0 N–H and O–H groups in total. The SMILES string of the molecule is CC(C)c1ccc(/C=C2\Oc3cc(OCC(=O)c4ccc(Br)cc4)ccc3C2=O)cc1. The highest BCUT2D eigenvalue weighted by Crippen LogP contribution is 2.35. The Morgan fingerprint density at radius 2 is 1.74 bits per heavy atom. The fraction of sp³-hybridized carbons (Fsp3) is 0.154. The normalized spacial score (nSPS) is 13.9. The van der Waals surface area contributed by atoms with E-state index in [4.69, 9.17) is 9.47 Å². The lowest BCUT2D eigenvalue weighted by molar-refractivity contribution is 0.0921. The summed E-state index contributed by atoms with van der Waals surface area (Å²) >= 11 is 3.35. The summed E-state index contributed by atoms with van der Waals surface area (Å²) < 4.78 is 12.3. The van der Waals surface area contributed by atoms with Gasteiger partial charge in [0.25, 0.3) is 0 Å². The van der Waals surface area contributed by atoms with Crippen molar-refractivity contribution in [2.45, 2.75) is 19.8 Å². The summed E-state index contributed by atoms with van der Waals surface area (Å²) in [6, 6.07) is 20.2. The zero-order valence-corrected chi connectivity index (χ0v) is 18.8. The molecule has 4 rings (SSSR count). The summed E-state index contributed by atoms with van der Waals surface area (Å²) in [5, 5.41) is 0. The van der Waals surface area contributed by atoms with Crippen LogP contribution >= 0.6 is 15.9 Å². The number of carbonyl (C=O) groups is 2. The lowest BCUT2D eigenvalue weighted by Gasteiger charge is -2.07. The molecule has 0 saturated heterocycles. The summed E-state index contributed by atoms with van der Waals surface area (Å²) in [4.78, 5) is 25.0. The van der Waals surface area contributed by atoms with Crippen LogP contribution in [0.1, 0.15) is 51.6 Å². The van der Waals surface area contributed by atoms with Gasteiger partial charge in [-0.05, 0) is 47.4 Å². The molecule has 0 bridgehead atoms. The second-order valence-corrected chi connectivity index (χ2v) is 8.55. The van der Waals surface area contributed by atoms with Crippen LogP contribution in [-0.2, 0) is 0 Å². The number of ketones is 2. The molecule has 0 fully saturated rings. The number of halogens is 1. The summed E-state index contributed by atoms with van der Waals surface area (Å²) in [5.41, 5.74) is 3.20. The summed E-state index contributed by atoms with van der Waals surface area (Å²) in [6.45, 7) is 4.18. The second-order valence-electron chi connectivity index (χ2n) is 7.64. The van der Waals surface area contributed by atoms with E-state index in [0.29, 0.717) is 28.5 Å². The van der Waals surface area contributed by atoms with Crippen molar-refractivity contribution in [1.82, 2.24) is 0 Å². The van der Waals surface area contributed by atoms with Crippen molar-refractivity contribution >= 4 is 33.6 Å². The van der Waals surface area contributed by atoms with Gasteiger partial charge in [-0.3, -0.25) is 9.59 Å². The van der Waals surface area contributed by atoms with Crippen LogP contribution < -0.4 is 9.47 Å². The minimum absolute atomic E-state index is 0.0980. The molecule has 4 nitrogen and oxygen atoms in total. The zero-order chi connectivity index (χ0) is 22.0. The average molecular weight is 477 g/mol. The Labute approximate surface area is 189 Å². The minimum Gasteiger partial charge on any atom is -0.485 e. The first-order chi connectivity index (χ1) is 14.9. The first kappa shape index (κ1) is 21.1.